The quantitative estimate of drug-likeness (QED) is 0.906. The Hall–Kier alpha value is -2.23. The van der Waals surface area contributed by atoms with Gasteiger partial charge in [-0.1, -0.05) is 23.8 Å². The molecule has 1 aromatic heterocycles. The van der Waals surface area contributed by atoms with Gasteiger partial charge in [-0.2, -0.15) is 0 Å². The summed E-state index contributed by atoms with van der Waals surface area (Å²) >= 11 is 0. The number of Topliss-reactive ketones (excluding diaryl/α,β-unsaturated/α-hetero) is 1. The third-order valence-corrected chi connectivity index (χ3v) is 3.12. The Labute approximate surface area is 119 Å². The van der Waals surface area contributed by atoms with E-state index in [0.717, 1.165) is 11.1 Å². The van der Waals surface area contributed by atoms with E-state index in [4.69, 9.17) is 0 Å². The lowest BCUT2D eigenvalue weighted by atomic mass is 10.0. The third kappa shape index (κ3) is 3.63. The lowest BCUT2D eigenvalue weighted by Crippen LogP contribution is -2.08. The molecule has 0 unspecified atom stereocenters. The second kappa shape index (κ2) is 6.28. The molecule has 0 saturated carbocycles. The maximum atomic E-state index is 10.9. The number of carbonyl (C=O) groups is 1. The lowest BCUT2D eigenvalue weighted by Gasteiger charge is -2.08. The molecule has 0 amide bonds. The fourth-order valence-corrected chi connectivity index (χ4v) is 1.96. The molecule has 1 aromatic carbocycles. The van der Waals surface area contributed by atoms with Crippen LogP contribution in [0.5, 0.6) is 0 Å². The van der Waals surface area contributed by atoms with Crippen molar-refractivity contribution in [2.45, 2.75) is 27.2 Å². The molecule has 0 aliphatic heterocycles. The molecule has 20 heavy (non-hydrogen) atoms. The molecule has 4 nitrogen and oxygen atoms in total. The molecular formula is C16H19N3O. The highest BCUT2D eigenvalue weighted by molar-refractivity contribution is 5.75. The normalized spacial score (nSPS) is 10.3. The van der Waals surface area contributed by atoms with Gasteiger partial charge < -0.3 is 5.32 Å². The van der Waals surface area contributed by atoms with Crippen molar-refractivity contribution in [2.24, 2.45) is 0 Å². The van der Waals surface area contributed by atoms with E-state index in [1.807, 2.05) is 12.4 Å². The molecule has 0 aliphatic rings. The number of rotatable bonds is 5. The molecule has 0 aliphatic carbocycles. The molecule has 4 heteroatoms. The number of nitrogens with one attached hydrogen (secondary N) is 1. The Balaban J connectivity index is 2.11. The number of carbonyl (C=O) groups excluding carboxylic acids is 1. The summed E-state index contributed by atoms with van der Waals surface area (Å²) in [4.78, 5) is 19.4. The molecule has 1 heterocycles. The summed E-state index contributed by atoms with van der Waals surface area (Å²) in [5.74, 6) is 0.713. The zero-order valence-corrected chi connectivity index (χ0v) is 12.1. The lowest BCUT2D eigenvalue weighted by molar-refractivity contribution is -0.116. The molecule has 2 aromatic rings. The third-order valence-electron chi connectivity index (χ3n) is 3.12. The number of ketones is 1. The molecule has 0 bridgehead atoms. The molecule has 2 rings (SSSR count). The first-order valence-electron chi connectivity index (χ1n) is 6.69. The van der Waals surface area contributed by atoms with Gasteiger partial charge in [0.15, 0.2) is 0 Å². The van der Waals surface area contributed by atoms with Gasteiger partial charge in [0, 0.05) is 30.9 Å². The van der Waals surface area contributed by atoms with Gasteiger partial charge in [0.05, 0.1) is 0 Å². The monoisotopic (exact) mass is 269 g/mol. The van der Waals surface area contributed by atoms with Crippen LogP contribution in [0.15, 0.2) is 30.6 Å². The standard InChI is InChI=1S/C16H19N3O/c1-11-4-5-12(2)15(8-11)14-9-18-16(19-10-14)17-7-6-13(3)20/h4-5,8-10H,6-7H2,1-3H3,(H,17,18,19). The summed E-state index contributed by atoms with van der Waals surface area (Å²) in [6, 6.07) is 6.33. The second-order valence-electron chi connectivity index (χ2n) is 4.99. The van der Waals surface area contributed by atoms with Crippen molar-refractivity contribution in [3.8, 4) is 11.1 Å². The Bertz CT molecular complexity index is 606. The van der Waals surface area contributed by atoms with Crippen molar-refractivity contribution in [1.29, 1.82) is 0 Å². The summed E-state index contributed by atoms with van der Waals surface area (Å²) in [7, 11) is 0. The zero-order chi connectivity index (χ0) is 14.5. The first kappa shape index (κ1) is 14.2. The average molecular weight is 269 g/mol. The fourth-order valence-electron chi connectivity index (χ4n) is 1.96. The first-order chi connectivity index (χ1) is 9.56. The summed E-state index contributed by atoms with van der Waals surface area (Å²) in [6.45, 7) is 6.29. The van der Waals surface area contributed by atoms with Crippen molar-refractivity contribution in [3.63, 3.8) is 0 Å². The summed E-state index contributed by atoms with van der Waals surface area (Å²) < 4.78 is 0. The topological polar surface area (TPSA) is 54.9 Å². The predicted molar refractivity (Wildman–Crippen MR) is 80.7 cm³/mol. The predicted octanol–water partition coefficient (Wildman–Crippen LogP) is 3.15. The molecule has 104 valence electrons. The van der Waals surface area contributed by atoms with Crippen LogP contribution in [0.25, 0.3) is 11.1 Å². The van der Waals surface area contributed by atoms with E-state index in [1.54, 1.807) is 6.92 Å². The number of benzene rings is 1. The van der Waals surface area contributed by atoms with E-state index >= 15 is 0 Å². The van der Waals surface area contributed by atoms with Crippen LogP contribution in [0.3, 0.4) is 0 Å². The minimum Gasteiger partial charge on any atom is -0.354 e. The summed E-state index contributed by atoms with van der Waals surface area (Å²) in [5.41, 5.74) is 4.58. The van der Waals surface area contributed by atoms with Crippen LogP contribution in [0.4, 0.5) is 5.95 Å². The number of hydrogen-bond acceptors (Lipinski definition) is 4. The second-order valence-corrected chi connectivity index (χ2v) is 4.99. The number of aromatic nitrogens is 2. The molecule has 0 atom stereocenters. The van der Waals surface area contributed by atoms with Crippen LogP contribution in [0, 0.1) is 13.8 Å². The van der Waals surface area contributed by atoms with Gasteiger partial charge in [0.1, 0.15) is 5.78 Å². The molecule has 0 fully saturated rings. The first-order valence-corrected chi connectivity index (χ1v) is 6.69. The van der Waals surface area contributed by atoms with Crippen LogP contribution in [0.2, 0.25) is 0 Å². The van der Waals surface area contributed by atoms with Crippen molar-refractivity contribution in [2.75, 3.05) is 11.9 Å². The number of nitrogens with zero attached hydrogens (tertiary/aromatic N) is 2. The average Bonchev–Trinajstić information content (AvgIpc) is 2.42. The van der Waals surface area contributed by atoms with Gasteiger partial charge in [-0.25, -0.2) is 9.97 Å². The van der Waals surface area contributed by atoms with Crippen molar-refractivity contribution >= 4 is 11.7 Å². The van der Waals surface area contributed by atoms with Gasteiger partial charge in [-0.05, 0) is 31.9 Å². The molecule has 0 radical (unpaired) electrons. The number of anilines is 1. The smallest absolute Gasteiger partial charge is 0.222 e. The minimum absolute atomic E-state index is 0.157. The zero-order valence-electron chi connectivity index (χ0n) is 12.1. The largest absolute Gasteiger partial charge is 0.354 e. The molecule has 0 saturated heterocycles. The van der Waals surface area contributed by atoms with Crippen molar-refractivity contribution in [3.05, 3.63) is 41.7 Å². The Morgan fingerprint density at radius 1 is 1.20 bits per heavy atom. The maximum Gasteiger partial charge on any atom is 0.222 e. The SMILES string of the molecule is CC(=O)CCNc1ncc(-c2cc(C)ccc2C)cn1. The maximum absolute atomic E-state index is 10.9. The highest BCUT2D eigenvalue weighted by Gasteiger charge is 2.04. The van der Waals surface area contributed by atoms with Gasteiger partial charge >= 0.3 is 0 Å². The Morgan fingerprint density at radius 3 is 2.55 bits per heavy atom. The Morgan fingerprint density at radius 2 is 1.90 bits per heavy atom. The van der Waals surface area contributed by atoms with Crippen LogP contribution >= 0.6 is 0 Å². The van der Waals surface area contributed by atoms with Crippen molar-refractivity contribution < 1.29 is 4.79 Å². The van der Waals surface area contributed by atoms with Crippen LogP contribution in [-0.2, 0) is 4.79 Å². The van der Waals surface area contributed by atoms with E-state index in [1.165, 1.54) is 11.1 Å². The molecule has 1 N–H and O–H groups in total. The van der Waals surface area contributed by atoms with Crippen LogP contribution in [-0.4, -0.2) is 22.3 Å². The van der Waals surface area contributed by atoms with Crippen molar-refractivity contribution in [1.82, 2.24) is 9.97 Å². The molecular weight excluding hydrogens is 250 g/mol. The molecule has 0 spiro atoms. The van der Waals surface area contributed by atoms with Crippen LogP contribution < -0.4 is 5.32 Å². The number of hydrogen-bond donors (Lipinski definition) is 1. The van der Waals surface area contributed by atoms with E-state index in [2.05, 4.69) is 47.3 Å². The van der Waals surface area contributed by atoms with E-state index in [9.17, 15) is 4.79 Å². The van der Waals surface area contributed by atoms with Gasteiger partial charge in [0.25, 0.3) is 0 Å². The van der Waals surface area contributed by atoms with E-state index < -0.39 is 0 Å². The highest BCUT2D eigenvalue weighted by atomic mass is 16.1. The summed E-state index contributed by atoms with van der Waals surface area (Å²) in [6.07, 6.45) is 4.11. The van der Waals surface area contributed by atoms with E-state index in [-0.39, 0.29) is 5.78 Å². The van der Waals surface area contributed by atoms with Crippen LogP contribution in [0.1, 0.15) is 24.5 Å². The minimum atomic E-state index is 0.157. The van der Waals surface area contributed by atoms with E-state index in [0.29, 0.717) is 18.9 Å². The van der Waals surface area contributed by atoms with Gasteiger partial charge in [-0.15, -0.1) is 0 Å². The highest BCUT2D eigenvalue weighted by Crippen LogP contribution is 2.23. The van der Waals surface area contributed by atoms with Gasteiger partial charge in [-0.3, -0.25) is 4.79 Å². The van der Waals surface area contributed by atoms with Gasteiger partial charge in [0.2, 0.25) is 5.95 Å². The fraction of sp³-hybridized carbons (Fsp3) is 0.312. The summed E-state index contributed by atoms with van der Waals surface area (Å²) in [5, 5.41) is 3.04. The Kier molecular flexibility index (Phi) is 4.45. The number of aryl methyl sites for hydroxylation is 2.